The van der Waals surface area contributed by atoms with Gasteiger partial charge in [-0.05, 0) is 35.4 Å². The lowest BCUT2D eigenvalue weighted by Gasteiger charge is -2.16. The van der Waals surface area contributed by atoms with Gasteiger partial charge in [0, 0.05) is 31.7 Å². The maximum absolute atomic E-state index is 13.2. The third-order valence-corrected chi connectivity index (χ3v) is 4.25. The summed E-state index contributed by atoms with van der Waals surface area (Å²) in [4.78, 5) is 15.7. The van der Waals surface area contributed by atoms with Crippen molar-refractivity contribution in [1.82, 2.24) is 10.6 Å². The molecule has 0 spiro atoms. The molecule has 0 unspecified atom stereocenters. The standard InChI is InChI=1S/C21H24F4N4O.HI/c1-13(2)19(30)29-17-8-4-14(5-9-17)11-27-20(26-3)28-12-15-6-7-16(22)10-18(15)21(23,24)25;/h4-10,13H,11-12H2,1-3H3,(H,29,30)(H2,26,27,28);1H. The van der Waals surface area contributed by atoms with Crippen LogP contribution in [0.25, 0.3) is 0 Å². The van der Waals surface area contributed by atoms with Crippen molar-refractivity contribution in [2.75, 3.05) is 12.4 Å². The smallest absolute Gasteiger partial charge is 0.352 e. The van der Waals surface area contributed by atoms with Crippen LogP contribution in [0.1, 0.15) is 30.5 Å². The molecule has 5 nitrogen and oxygen atoms in total. The first kappa shape index (κ1) is 26.7. The summed E-state index contributed by atoms with van der Waals surface area (Å²) in [6, 6.07) is 9.73. The Morgan fingerprint density at radius 2 is 1.65 bits per heavy atom. The van der Waals surface area contributed by atoms with E-state index >= 15 is 0 Å². The van der Waals surface area contributed by atoms with E-state index in [-0.39, 0.29) is 47.9 Å². The number of amides is 1. The van der Waals surface area contributed by atoms with Crippen LogP contribution in [-0.2, 0) is 24.1 Å². The van der Waals surface area contributed by atoms with Gasteiger partial charge in [-0.25, -0.2) is 4.39 Å². The molecule has 0 saturated carbocycles. The third kappa shape index (κ3) is 8.35. The van der Waals surface area contributed by atoms with Crippen LogP contribution in [0.15, 0.2) is 47.5 Å². The van der Waals surface area contributed by atoms with Crippen LogP contribution in [-0.4, -0.2) is 18.9 Å². The van der Waals surface area contributed by atoms with Crippen LogP contribution in [0.5, 0.6) is 0 Å². The SMILES string of the molecule is CN=C(NCc1ccc(NC(=O)C(C)C)cc1)NCc1ccc(F)cc1C(F)(F)F.I. The monoisotopic (exact) mass is 552 g/mol. The Morgan fingerprint density at radius 1 is 1.03 bits per heavy atom. The van der Waals surface area contributed by atoms with E-state index in [1.54, 1.807) is 26.0 Å². The molecule has 0 saturated heterocycles. The highest BCUT2D eigenvalue weighted by Crippen LogP contribution is 2.32. The number of carbonyl (C=O) groups excluding carboxylic acids is 1. The van der Waals surface area contributed by atoms with Crippen LogP contribution in [0, 0.1) is 11.7 Å². The van der Waals surface area contributed by atoms with Crippen molar-refractivity contribution in [3.8, 4) is 0 Å². The molecule has 31 heavy (non-hydrogen) atoms. The molecule has 0 aromatic heterocycles. The number of alkyl halides is 3. The Morgan fingerprint density at radius 3 is 2.19 bits per heavy atom. The van der Waals surface area contributed by atoms with Crippen LogP contribution >= 0.6 is 24.0 Å². The predicted octanol–water partition coefficient (Wildman–Crippen LogP) is 4.92. The highest BCUT2D eigenvalue weighted by atomic mass is 127. The van der Waals surface area contributed by atoms with Gasteiger partial charge in [0.2, 0.25) is 5.91 Å². The molecule has 170 valence electrons. The van der Waals surface area contributed by atoms with E-state index in [1.165, 1.54) is 7.05 Å². The average molecular weight is 552 g/mol. The summed E-state index contributed by atoms with van der Waals surface area (Å²) in [6.45, 7) is 3.80. The lowest BCUT2D eigenvalue weighted by Crippen LogP contribution is -2.36. The Labute approximate surface area is 195 Å². The molecule has 3 N–H and O–H groups in total. The summed E-state index contributed by atoms with van der Waals surface area (Å²) in [7, 11) is 1.50. The van der Waals surface area contributed by atoms with E-state index in [9.17, 15) is 22.4 Å². The number of anilines is 1. The largest absolute Gasteiger partial charge is 0.416 e. The summed E-state index contributed by atoms with van der Waals surface area (Å²) in [5, 5.41) is 8.59. The molecule has 0 aliphatic heterocycles. The fraction of sp³-hybridized carbons (Fsp3) is 0.333. The van der Waals surface area contributed by atoms with E-state index in [0.717, 1.165) is 17.7 Å². The minimum atomic E-state index is -4.65. The lowest BCUT2D eigenvalue weighted by molar-refractivity contribution is -0.138. The predicted molar refractivity (Wildman–Crippen MR) is 124 cm³/mol. The fourth-order valence-electron chi connectivity index (χ4n) is 2.54. The van der Waals surface area contributed by atoms with Crippen molar-refractivity contribution in [2.45, 2.75) is 33.1 Å². The third-order valence-electron chi connectivity index (χ3n) is 4.25. The number of halogens is 5. The van der Waals surface area contributed by atoms with E-state index in [2.05, 4.69) is 20.9 Å². The van der Waals surface area contributed by atoms with Gasteiger partial charge in [0.1, 0.15) is 5.82 Å². The van der Waals surface area contributed by atoms with E-state index in [0.29, 0.717) is 24.3 Å². The average Bonchev–Trinajstić information content (AvgIpc) is 2.69. The molecule has 0 aliphatic carbocycles. The fourth-order valence-corrected chi connectivity index (χ4v) is 2.54. The van der Waals surface area contributed by atoms with E-state index in [4.69, 9.17) is 0 Å². The first-order valence-electron chi connectivity index (χ1n) is 9.30. The number of benzene rings is 2. The van der Waals surface area contributed by atoms with Crippen molar-refractivity contribution in [1.29, 1.82) is 0 Å². The van der Waals surface area contributed by atoms with Gasteiger partial charge < -0.3 is 16.0 Å². The second-order valence-corrected chi connectivity index (χ2v) is 6.92. The molecule has 0 aliphatic rings. The Balaban J connectivity index is 0.00000480. The van der Waals surface area contributed by atoms with Crippen molar-refractivity contribution in [3.05, 3.63) is 65.0 Å². The first-order chi connectivity index (χ1) is 14.1. The number of hydrogen-bond acceptors (Lipinski definition) is 2. The molecule has 1 amide bonds. The maximum atomic E-state index is 13.2. The van der Waals surface area contributed by atoms with Gasteiger partial charge in [0.25, 0.3) is 0 Å². The van der Waals surface area contributed by atoms with Crippen molar-refractivity contribution in [3.63, 3.8) is 0 Å². The Kier molecular flexibility index (Phi) is 10.2. The molecule has 10 heteroatoms. The molecule has 0 bridgehead atoms. The van der Waals surface area contributed by atoms with Gasteiger partial charge in [-0.1, -0.05) is 32.0 Å². The first-order valence-corrected chi connectivity index (χ1v) is 9.30. The van der Waals surface area contributed by atoms with Crippen molar-refractivity contribution < 1.29 is 22.4 Å². The zero-order valence-electron chi connectivity index (χ0n) is 17.3. The number of nitrogens with one attached hydrogen (secondary N) is 3. The van der Waals surface area contributed by atoms with Crippen LogP contribution in [0.2, 0.25) is 0 Å². The number of carbonyl (C=O) groups is 1. The van der Waals surface area contributed by atoms with Crippen molar-refractivity contribution in [2.24, 2.45) is 10.9 Å². The number of nitrogens with zero attached hydrogens (tertiary/aromatic N) is 1. The number of rotatable bonds is 6. The summed E-state index contributed by atoms with van der Waals surface area (Å²) in [5.41, 5.74) is 0.454. The van der Waals surface area contributed by atoms with Gasteiger partial charge in [0.15, 0.2) is 5.96 Å². The van der Waals surface area contributed by atoms with Crippen LogP contribution in [0.4, 0.5) is 23.2 Å². The second kappa shape index (κ2) is 11.9. The normalized spacial score (nSPS) is 11.7. The second-order valence-electron chi connectivity index (χ2n) is 6.92. The van der Waals surface area contributed by atoms with Gasteiger partial charge in [-0.3, -0.25) is 9.79 Å². The highest BCUT2D eigenvalue weighted by Gasteiger charge is 2.33. The van der Waals surface area contributed by atoms with Gasteiger partial charge in [-0.2, -0.15) is 13.2 Å². The minimum Gasteiger partial charge on any atom is -0.352 e. The zero-order chi connectivity index (χ0) is 22.3. The van der Waals surface area contributed by atoms with Gasteiger partial charge in [0.05, 0.1) is 5.56 Å². The minimum absolute atomic E-state index is 0. The maximum Gasteiger partial charge on any atom is 0.416 e. The number of guanidine groups is 1. The molecule has 2 rings (SSSR count). The summed E-state index contributed by atoms with van der Waals surface area (Å²) < 4.78 is 52.5. The Hall–Kier alpha value is -2.37. The van der Waals surface area contributed by atoms with Gasteiger partial charge in [-0.15, -0.1) is 24.0 Å². The van der Waals surface area contributed by atoms with E-state index in [1.807, 2.05) is 12.1 Å². The molecule has 0 heterocycles. The quantitative estimate of drug-likeness (QED) is 0.206. The molecule has 0 fully saturated rings. The van der Waals surface area contributed by atoms with Crippen molar-refractivity contribution >= 4 is 41.5 Å². The lowest BCUT2D eigenvalue weighted by atomic mass is 10.1. The van der Waals surface area contributed by atoms with Crippen LogP contribution < -0.4 is 16.0 Å². The van der Waals surface area contributed by atoms with Gasteiger partial charge >= 0.3 is 6.18 Å². The highest BCUT2D eigenvalue weighted by molar-refractivity contribution is 14.0. The van der Waals surface area contributed by atoms with E-state index < -0.39 is 17.6 Å². The molecule has 2 aromatic rings. The molecular weight excluding hydrogens is 527 g/mol. The zero-order valence-corrected chi connectivity index (χ0v) is 19.6. The summed E-state index contributed by atoms with van der Waals surface area (Å²) in [5.74, 6) is -0.851. The number of aliphatic imine (C=N–C) groups is 1. The summed E-state index contributed by atoms with van der Waals surface area (Å²) in [6.07, 6.45) is -4.65. The molecule has 2 aromatic carbocycles. The number of hydrogen-bond donors (Lipinski definition) is 3. The molecule has 0 radical (unpaired) electrons. The molecule has 0 atom stereocenters. The summed E-state index contributed by atoms with van der Waals surface area (Å²) >= 11 is 0. The Bertz CT molecular complexity index is 899. The van der Waals surface area contributed by atoms with Crippen LogP contribution in [0.3, 0.4) is 0 Å². The molecular formula is C21H25F4IN4O. The topological polar surface area (TPSA) is 65.5 Å².